The number of rotatable bonds is 2. The summed E-state index contributed by atoms with van der Waals surface area (Å²) in [6, 6.07) is 4.16. The highest BCUT2D eigenvalue weighted by molar-refractivity contribution is 8.14. The van der Waals surface area contributed by atoms with Crippen molar-refractivity contribution in [2.45, 2.75) is 32.5 Å². The molecule has 5 heteroatoms. The Bertz CT molecular complexity index is 619. The van der Waals surface area contributed by atoms with Crippen LogP contribution in [0.5, 0.6) is 0 Å². The molecular formula is C15H20N2OSSi. The standard InChI is InChI=1S/C15H20N2OSSi/c1-20(2,3)12-5-4-11-10(13(12)14(16)18)8-9-6-7-19-15(9)17-11/h4-5,9H,6-8H2,1-3H3,(H2,16,18). The highest BCUT2D eigenvalue weighted by Gasteiger charge is 2.33. The topological polar surface area (TPSA) is 55.5 Å². The van der Waals surface area contributed by atoms with Crippen molar-refractivity contribution in [1.29, 1.82) is 0 Å². The second kappa shape index (κ2) is 4.74. The predicted molar refractivity (Wildman–Crippen MR) is 89.3 cm³/mol. The lowest BCUT2D eigenvalue weighted by molar-refractivity contribution is 0.100. The quantitative estimate of drug-likeness (QED) is 0.854. The number of carbonyl (C=O) groups is 1. The number of hydrogen-bond donors (Lipinski definition) is 1. The zero-order chi connectivity index (χ0) is 14.5. The van der Waals surface area contributed by atoms with Gasteiger partial charge in [0.25, 0.3) is 0 Å². The van der Waals surface area contributed by atoms with E-state index in [4.69, 9.17) is 10.7 Å². The molecular weight excluding hydrogens is 284 g/mol. The zero-order valence-corrected chi connectivity index (χ0v) is 14.0. The number of benzene rings is 1. The molecule has 20 heavy (non-hydrogen) atoms. The first-order valence-corrected chi connectivity index (χ1v) is 11.5. The summed E-state index contributed by atoms with van der Waals surface area (Å²) in [4.78, 5) is 16.8. The summed E-state index contributed by atoms with van der Waals surface area (Å²) in [6.45, 7) is 6.76. The summed E-state index contributed by atoms with van der Waals surface area (Å²) in [7, 11) is -1.59. The first-order chi connectivity index (χ1) is 9.38. The molecule has 0 aliphatic carbocycles. The minimum Gasteiger partial charge on any atom is -0.366 e. The van der Waals surface area contributed by atoms with Gasteiger partial charge in [-0.3, -0.25) is 4.79 Å². The number of nitrogens with two attached hydrogens (primary N) is 1. The van der Waals surface area contributed by atoms with E-state index in [1.165, 1.54) is 10.2 Å². The molecule has 3 rings (SSSR count). The van der Waals surface area contributed by atoms with Crippen LogP contribution in [0.15, 0.2) is 17.1 Å². The third-order valence-electron chi connectivity index (χ3n) is 4.09. The maximum Gasteiger partial charge on any atom is 0.248 e. The fourth-order valence-corrected chi connectivity index (χ4v) is 5.90. The molecule has 0 bridgehead atoms. The lowest BCUT2D eigenvalue weighted by Gasteiger charge is -2.26. The summed E-state index contributed by atoms with van der Waals surface area (Å²) in [6.07, 6.45) is 2.09. The lowest BCUT2D eigenvalue weighted by Crippen LogP contribution is -2.43. The van der Waals surface area contributed by atoms with Crippen molar-refractivity contribution in [2.75, 3.05) is 5.75 Å². The van der Waals surface area contributed by atoms with Gasteiger partial charge in [0.2, 0.25) is 5.91 Å². The molecule has 1 atom stereocenters. The van der Waals surface area contributed by atoms with Gasteiger partial charge in [-0.05, 0) is 35.4 Å². The van der Waals surface area contributed by atoms with Crippen molar-refractivity contribution in [2.24, 2.45) is 16.6 Å². The van der Waals surface area contributed by atoms with E-state index in [1.54, 1.807) is 0 Å². The van der Waals surface area contributed by atoms with Crippen LogP contribution in [0.2, 0.25) is 19.6 Å². The smallest absolute Gasteiger partial charge is 0.248 e. The Morgan fingerprint density at radius 3 is 2.80 bits per heavy atom. The molecule has 1 unspecified atom stereocenters. The van der Waals surface area contributed by atoms with Gasteiger partial charge < -0.3 is 5.73 Å². The summed E-state index contributed by atoms with van der Waals surface area (Å²) in [5.74, 6) is 1.36. The Morgan fingerprint density at radius 1 is 1.40 bits per heavy atom. The summed E-state index contributed by atoms with van der Waals surface area (Å²) in [5.41, 5.74) is 8.52. The second-order valence-electron chi connectivity index (χ2n) is 6.59. The third-order valence-corrected chi connectivity index (χ3v) is 7.28. The Balaban J connectivity index is 2.20. The maximum absolute atomic E-state index is 12.0. The van der Waals surface area contributed by atoms with Crippen LogP contribution in [-0.4, -0.2) is 24.8 Å². The van der Waals surface area contributed by atoms with E-state index >= 15 is 0 Å². The van der Waals surface area contributed by atoms with Gasteiger partial charge in [-0.15, -0.1) is 11.8 Å². The van der Waals surface area contributed by atoms with Crippen LogP contribution in [0, 0.1) is 5.92 Å². The van der Waals surface area contributed by atoms with Gasteiger partial charge in [-0.1, -0.05) is 25.7 Å². The molecule has 0 aromatic heterocycles. The fraction of sp³-hybridized carbons (Fsp3) is 0.467. The van der Waals surface area contributed by atoms with Gasteiger partial charge in [0, 0.05) is 11.5 Å². The van der Waals surface area contributed by atoms with Crippen molar-refractivity contribution >= 4 is 41.7 Å². The molecule has 1 amide bonds. The van der Waals surface area contributed by atoms with E-state index < -0.39 is 8.07 Å². The van der Waals surface area contributed by atoms with Crippen LogP contribution in [0.25, 0.3) is 0 Å². The van der Waals surface area contributed by atoms with Crippen LogP contribution < -0.4 is 10.9 Å². The summed E-state index contributed by atoms with van der Waals surface area (Å²) >= 11 is 1.86. The second-order valence-corrected chi connectivity index (χ2v) is 12.7. The van der Waals surface area contributed by atoms with Gasteiger partial charge in [-0.25, -0.2) is 4.99 Å². The van der Waals surface area contributed by atoms with Crippen molar-refractivity contribution in [1.82, 2.24) is 0 Å². The average Bonchev–Trinajstić information content (AvgIpc) is 2.80. The summed E-state index contributed by atoms with van der Waals surface area (Å²) < 4.78 is 0. The molecule has 1 saturated heterocycles. The number of carbonyl (C=O) groups excluding carboxylic acids is 1. The van der Waals surface area contributed by atoms with Gasteiger partial charge in [-0.2, -0.15) is 0 Å². The number of primary amides is 1. The highest BCUT2D eigenvalue weighted by atomic mass is 32.2. The zero-order valence-electron chi connectivity index (χ0n) is 12.2. The molecule has 2 aliphatic rings. The fourth-order valence-electron chi connectivity index (χ4n) is 3.08. The van der Waals surface area contributed by atoms with E-state index in [9.17, 15) is 4.79 Å². The van der Waals surface area contributed by atoms with Crippen molar-refractivity contribution < 1.29 is 4.79 Å². The Morgan fingerprint density at radius 2 is 2.15 bits per heavy atom. The molecule has 0 radical (unpaired) electrons. The van der Waals surface area contributed by atoms with Crippen LogP contribution >= 0.6 is 11.8 Å². The number of fused-ring (bicyclic) bond motifs is 2. The Hall–Kier alpha value is -1.07. The van der Waals surface area contributed by atoms with E-state index in [2.05, 4.69) is 31.8 Å². The molecule has 2 heterocycles. The monoisotopic (exact) mass is 304 g/mol. The van der Waals surface area contributed by atoms with Crippen LogP contribution in [-0.2, 0) is 6.42 Å². The Labute approximate surface area is 125 Å². The minimum absolute atomic E-state index is 0.288. The molecule has 1 fully saturated rings. The van der Waals surface area contributed by atoms with Crippen LogP contribution in [0.4, 0.5) is 5.69 Å². The van der Waals surface area contributed by atoms with Crippen molar-refractivity contribution in [3.8, 4) is 0 Å². The molecule has 1 aromatic carbocycles. The largest absolute Gasteiger partial charge is 0.366 e. The number of amides is 1. The van der Waals surface area contributed by atoms with E-state index in [0.29, 0.717) is 5.92 Å². The maximum atomic E-state index is 12.0. The van der Waals surface area contributed by atoms with Crippen molar-refractivity contribution in [3.63, 3.8) is 0 Å². The third kappa shape index (κ3) is 2.23. The van der Waals surface area contributed by atoms with E-state index in [1.807, 2.05) is 11.8 Å². The van der Waals surface area contributed by atoms with Gasteiger partial charge >= 0.3 is 0 Å². The van der Waals surface area contributed by atoms with Gasteiger partial charge in [0.1, 0.15) is 0 Å². The number of hydrogen-bond acceptors (Lipinski definition) is 3. The van der Waals surface area contributed by atoms with Gasteiger partial charge in [0.05, 0.1) is 18.8 Å². The van der Waals surface area contributed by atoms with Crippen LogP contribution in [0.1, 0.15) is 22.3 Å². The van der Waals surface area contributed by atoms with E-state index in [-0.39, 0.29) is 5.91 Å². The molecule has 1 aromatic rings. The molecule has 3 nitrogen and oxygen atoms in total. The van der Waals surface area contributed by atoms with Crippen molar-refractivity contribution in [3.05, 3.63) is 23.3 Å². The highest BCUT2D eigenvalue weighted by Crippen LogP contribution is 2.39. The molecule has 106 valence electrons. The average molecular weight is 304 g/mol. The van der Waals surface area contributed by atoms with Crippen LogP contribution in [0.3, 0.4) is 0 Å². The van der Waals surface area contributed by atoms with E-state index in [0.717, 1.165) is 35.4 Å². The first kappa shape index (κ1) is 13.9. The number of thioether (sulfide) groups is 1. The number of aliphatic imine (C=N–C) groups is 1. The number of nitrogens with zero attached hydrogens (tertiary/aromatic N) is 1. The normalized spacial score (nSPS) is 21.1. The first-order valence-electron chi connectivity index (χ1n) is 7.05. The SMILES string of the molecule is C[Si](C)(C)c1ccc2c(c1C(N)=O)CC1CCSC1=N2. The summed E-state index contributed by atoms with van der Waals surface area (Å²) in [5, 5.41) is 2.42. The van der Waals surface area contributed by atoms with Gasteiger partial charge in [0.15, 0.2) is 0 Å². The molecule has 2 N–H and O–H groups in total. The Kier molecular flexibility index (Phi) is 3.29. The minimum atomic E-state index is -1.59. The lowest BCUT2D eigenvalue weighted by atomic mass is 9.90. The molecule has 0 spiro atoms. The molecule has 2 aliphatic heterocycles. The predicted octanol–water partition coefficient (Wildman–Crippen LogP) is 2.67. The molecule has 0 saturated carbocycles.